The van der Waals surface area contributed by atoms with Crippen molar-refractivity contribution in [3.8, 4) is 0 Å². The second-order valence-corrected chi connectivity index (χ2v) is 3.54. The van der Waals surface area contributed by atoms with E-state index < -0.39 is 11.2 Å². The SMILES string of the molecule is CC.CC.Nc1[nH]c(=O)[nH]c(=O)c1NCc1ccccc1. The van der Waals surface area contributed by atoms with E-state index in [-0.39, 0.29) is 11.5 Å². The summed E-state index contributed by atoms with van der Waals surface area (Å²) in [5, 5.41) is 2.89. The molecule has 1 aromatic heterocycles. The van der Waals surface area contributed by atoms with Gasteiger partial charge in [0.05, 0.1) is 0 Å². The average molecular weight is 292 g/mol. The summed E-state index contributed by atoms with van der Waals surface area (Å²) >= 11 is 0. The molecule has 0 bridgehead atoms. The van der Waals surface area contributed by atoms with E-state index in [1.165, 1.54) is 0 Å². The van der Waals surface area contributed by atoms with Crippen LogP contribution in [-0.2, 0) is 6.54 Å². The smallest absolute Gasteiger partial charge is 0.327 e. The highest BCUT2D eigenvalue weighted by molar-refractivity contribution is 5.59. The van der Waals surface area contributed by atoms with Crippen molar-refractivity contribution < 1.29 is 0 Å². The van der Waals surface area contributed by atoms with Crippen LogP contribution in [0, 0.1) is 0 Å². The highest BCUT2D eigenvalue weighted by Gasteiger charge is 2.05. The van der Waals surface area contributed by atoms with Crippen molar-refractivity contribution in [2.45, 2.75) is 34.2 Å². The molecule has 21 heavy (non-hydrogen) atoms. The van der Waals surface area contributed by atoms with E-state index in [1.54, 1.807) is 0 Å². The minimum Gasteiger partial charge on any atom is -0.383 e. The molecule has 0 fully saturated rings. The van der Waals surface area contributed by atoms with E-state index in [4.69, 9.17) is 5.73 Å². The summed E-state index contributed by atoms with van der Waals surface area (Å²) in [6.07, 6.45) is 0. The number of aromatic amines is 2. The van der Waals surface area contributed by atoms with Crippen molar-refractivity contribution in [1.82, 2.24) is 9.97 Å². The lowest BCUT2D eigenvalue weighted by Crippen LogP contribution is -2.26. The highest BCUT2D eigenvalue weighted by atomic mass is 16.2. The Bertz CT molecular complexity index is 618. The zero-order chi connectivity index (χ0) is 16.3. The van der Waals surface area contributed by atoms with Crippen LogP contribution in [0.4, 0.5) is 11.5 Å². The fourth-order valence-electron chi connectivity index (χ4n) is 1.47. The van der Waals surface area contributed by atoms with E-state index in [1.807, 2.05) is 58.0 Å². The van der Waals surface area contributed by atoms with Gasteiger partial charge in [-0.25, -0.2) is 4.79 Å². The number of hydrogen-bond acceptors (Lipinski definition) is 4. The third kappa shape index (κ3) is 5.99. The summed E-state index contributed by atoms with van der Waals surface area (Å²) in [6.45, 7) is 8.46. The van der Waals surface area contributed by atoms with Gasteiger partial charge in [0, 0.05) is 6.54 Å². The summed E-state index contributed by atoms with van der Waals surface area (Å²) in [7, 11) is 0. The van der Waals surface area contributed by atoms with Crippen LogP contribution in [0.25, 0.3) is 0 Å². The molecule has 2 aromatic rings. The van der Waals surface area contributed by atoms with Crippen molar-refractivity contribution in [2.75, 3.05) is 11.1 Å². The summed E-state index contributed by atoms with van der Waals surface area (Å²) in [5.41, 5.74) is 5.60. The van der Waals surface area contributed by atoms with Crippen LogP contribution in [-0.4, -0.2) is 9.97 Å². The number of H-pyrrole nitrogens is 2. The van der Waals surface area contributed by atoms with Gasteiger partial charge in [-0.05, 0) is 5.56 Å². The van der Waals surface area contributed by atoms with Gasteiger partial charge >= 0.3 is 5.69 Å². The summed E-state index contributed by atoms with van der Waals surface area (Å²) in [4.78, 5) is 26.8. The number of aromatic nitrogens is 2. The van der Waals surface area contributed by atoms with E-state index in [2.05, 4.69) is 15.3 Å². The summed E-state index contributed by atoms with van der Waals surface area (Å²) < 4.78 is 0. The number of hydrogen-bond donors (Lipinski definition) is 4. The Labute approximate surface area is 124 Å². The zero-order valence-electron chi connectivity index (χ0n) is 13.0. The van der Waals surface area contributed by atoms with Gasteiger partial charge in [-0.3, -0.25) is 14.8 Å². The largest absolute Gasteiger partial charge is 0.383 e. The zero-order valence-corrected chi connectivity index (χ0v) is 13.0. The third-order valence-corrected chi connectivity index (χ3v) is 2.28. The first-order chi connectivity index (χ1) is 10.2. The van der Waals surface area contributed by atoms with E-state index in [9.17, 15) is 9.59 Å². The molecule has 0 aliphatic rings. The molecule has 0 atom stereocenters. The van der Waals surface area contributed by atoms with Crippen molar-refractivity contribution in [2.24, 2.45) is 0 Å². The molecule has 0 saturated heterocycles. The predicted molar refractivity (Wildman–Crippen MR) is 88.6 cm³/mol. The Morgan fingerprint density at radius 2 is 1.57 bits per heavy atom. The third-order valence-electron chi connectivity index (χ3n) is 2.28. The minimum atomic E-state index is -0.613. The second-order valence-electron chi connectivity index (χ2n) is 3.54. The topological polar surface area (TPSA) is 104 Å². The van der Waals surface area contributed by atoms with Gasteiger partial charge < -0.3 is 11.1 Å². The molecule has 1 heterocycles. The molecule has 0 aliphatic heterocycles. The van der Waals surface area contributed by atoms with Gasteiger partial charge in [0.1, 0.15) is 11.5 Å². The van der Waals surface area contributed by atoms with Crippen LogP contribution in [0.5, 0.6) is 0 Å². The molecule has 5 N–H and O–H groups in total. The number of nitrogen functional groups attached to an aromatic ring is 1. The summed E-state index contributed by atoms with van der Waals surface area (Å²) in [6, 6.07) is 9.55. The fraction of sp³-hybridized carbons (Fsp3) is 0.333. The van der Waals surface area contributed by atoms with Crippen molar-refractivity contribution in [1.29, 1.82) is 0 Å². The van der Waals surface area contributed by atoms with Crippen LogP contribution in [0.1, 0.15) is 33.3 Å². The molecule has 116 valence electrons. The number of benzene rings is 1. The minimum absolute atomic E-state index is 0.0367. The van der Waals surface area contributed by atoms with Crippen LogP contribution in [0.15, 0.2) is 39.9 Å². The molecule has 0 spiro atoms. The molecule has 2 rings (SSSR count). The number of anilines is 2. The lowest BCUT2D eigenvalue weighted by atomic mass is 10.2. The average Bonchev–Trinajstić information content (AvgIpc) is 2.51. The fourth-order valence-corrected chi connectivity index (χ4v) is 1.47. The lowest BCUT2D eigenvalue weighted by molar-refractivity contribution is 1.02. The van der Waals surface area contributed by atoms with Crippen LogP contribution in [0.2, 0.25) is 0 Å². The van der Waals surface area contributed by atoms with Crippen LogP contribution < -0.4 is 22.3 Å². The van der Waals surface area contributed by atoms with Crippen molar-refractivity contribution in [3.05, 3.63) is 56.7 Å². The van der Waals surface area contributed by atoms with Gasteiger partial charge in [-0.1, -0.05) is 58.0 Å². The van der Waals surface area contributed by atoms with E-state index in [0.717, 1.165) is 5.56 Å². The van der Waals surface area contributed by atoms with Crippen molar-refractivity contribution >= 4 is 11.5 Å². The van der Waals surface area contributed by atoms with Gasteiger partial charge in [0.2, 0.25) is 0 Å². The normalized spacial score (nSPS) is 8.76. The van der Waals surface area contributed by atoms with Gasteiger partial charge in [0.25, 0.3) is 5.56 Å². The Hall–Kier alpha value is -2.50. The molecule has 0 amide bonds. The van der Waals surface area contributed by atoms with Gasteiger partial charge in [0.15, 0.2) is 0 Å². The van der Waals surface area contributed by atoms with Gasteiger partial charge in [-0.15, -0.1) is 0 Å². The Balaban J connectivity index is 0.000000921. The number of nitrogens with one attached hydrogen (secondary N) is 3. The summed E-state index contributed by atoms with van der Waals surface area (Å²) in [5.74, 6) is 0.0367. The predicted octanol–water partition coefficient (Wildman–Crippen LogP) is 2.31. The van der Waals surface area contributed by atoms with E-state index >= 15 is 0 Å². The highest BCUT2D eigenvalue weighted by Crippen LogP contribution is 2.08. The molecular formula is C15H24N4O2. The van der Waals surface area contributed by atoms with Crippen LogP contribution in [0.3, 0.4) is 0 Å². The Kier molecular flexibility index (Phi) is 9.08. The molecule has 0 radical (unpaired) electrons. The lowest BCUT2D eigenvalue weighted by Gasteiger charge is -2.07. The maximum Gasteiger partial charge on any atom is 0.327 e. The maximum absolute atomic E-state index is 11.5. The molecule has 0 unspecified atom stereocenters. The van der Waals surface area contributed by atoms with E-state index in [0.29, 0.717) is 6.54 Å². The van der Waals surface area contributed by atoms with Crippen LogP contribution >= 0.6 is 0 Å². The number of rotatable bonds is 3. The Morgan fingerprint density at radius 1 is 1.00 bits per heavy atom. The molecule has 6 heteroatoms. The first kappa shape index (κ1) is 18.5. The first-order valence-corrected chi connectivity index (χ1v) is 7.06. The molecular weight excluding hydrogens is 268 g/mol. The number of nitrogens with two attached hydrogens (primary N) is 1. The standard InChI is InChI=1S/C11H12N4O2.2C2H6/c12-9-8(10(16)15-11(17)14-9)13-6-7-4-2-1-3-5-7;2*1-2/h1-5,13H,6H2,(H4,12,14,15,16,17);2*1-2H3. The monoisotopic (exact) mass is 292 g/mol. The first-order valence-electron chi connectivity index (χ1n) is 7.06. The van der Waals surface area contributed by atoms with Gasteiger partial charge in [-0.2, -0.15) is 0 Å². The Morgan fingerprint density at radius 3 is 2.10 bits per heavy atom. The molecule has 1 aromatic carbocycles. The molecule has 0 aliphatic carbocycles. The maximum atomic E-state index is 11.5. The molecule has 0 saturated carbocycles. The quantitative estimate of drug-likeness (QED) is 0.697. The molecule has 6 nitrogen and oxygen atoms in total. The second kappa shape index (κ2) is 10.3. The van der Waals surface area contributed by atoms with Crippen molar-refractivity contribution in [3.63, 3.8) is 0 Å².